The number of carbonyl (C=O) groups is 2. The summed E-state index contributed by atoms with van der Waals surface area (Å²) in [7, 11) is 0. The summed E-state index contributed by atoms with van der Waals surface area (Å²) >= 11 is 1.68. The van der Waals surface area contributed by atoms with Crippen LogP contribution < -0.4 is 5.32 Å². The van der Waals surface area contributed by atoms with Crippen molar-refractivity contribution in [2.24, 2.45) is 5.92 Å². The lowest BCUT2D eigenvalue weighted by atomic mass is 10.1. The average molecular weight is 338 g/mol. The summed E-state index contributed by atoms with van der Waals surface area (Å²) < 4.78 is 5.26. The third-order valence-corrected chi connectivity index (χ3v) is 5.35. The molecule has 2 heterocycles. The van der Waals surface area contributed by atoms with Gasteiger partial charge in [0.15, 0.2) is 5.76 Å². The minimum atomic E-state index is -0.435. The summed E-state index contributed by atoms with van der Waals surface area (Å²) in [6.07, 6.45) is 3.22. The Hall–Kier alpha value is -1.43. The van der Waals surface area contributed by atoms with E-state index >= 15 is 0 Å². The molecule has 1 fully saturated rings. The van der Waals surface area contributed by atoms with Crippen LogP contribution in [-0.4, -0.2) is 39.9 Å². The van der Waals surface area contributed by atoms with Gasteiger partial charge in [-0.25, -0.2) is 0 Å². The number of nitrogens with zero attached hydrogens (tertiary/aromatic N) is 1. The molecule has 0 saturated carbocycles. The maximum absolute atomic E-state index is 12.8. The summed E-state index contributed by atoms with van der Waals surface area (Å²) in [6.45, 7) is 8.26. The predicted octanol–water partition coefficient (Wildman–Crippen LogP) is 3.12. The highest BCUT2D eigenvalue weighted by atomic mass is 32.2. The van der Waals surface area contributed by atoms with Gasteiger partial charge in [-0.1, -0.05) is 20.8 Å². The first-order valence-electron chi connectivity index (χ1n) is 8.22. The van der Waals surface area contributed by atoms with Crippen LogP contribution in [0.25, 0.3) is 0 Å². The van der Waals surface area contributed by atoms with E-state index in [9.17, 15) is 9.59 Å². The summed E-state index contributed by atoms with van der Waals surface area (Å²) in [5, 5.41) is 3.01. The van der Waals surface area contributed by atoms with Crippen molar-refractivity contribution in [1.82, 2.24) is 10.2 Å². The molecule has 23 heavy (non-hydrogen) atoms. The first-order chi connectivity index (χ1) is 10.9. The number of hydrogen-bond acceptors (Lipinski definition) is 4. The van der Waals surface area contributed by atoms with Gasteiger partial charge in [-0.15, -0.1) is 11.8 Å². The molecule has 2 amide bonds. The number of thioether (sulfide) groups is 1. The maximum atomic E-state index is 12.8. The Morgan fingerprint density at radius 1 is 1.43 bits per heavy atom. The minimum Gasteiger partial charge on any atom is -0.459 e. The summed E-state index contributed by atoms with van der Waals surface area (Å²) in [4.78, 5) is 27.1. The summed E-state index contributed by atoms with van der Waals surface area (Å²) in [5.41, 5.74) is 0. The molecule has 0 aromatic carbocycles. The standard InChI is InChI=1S/C17H26N2O3S/c1-5-12(4)18-16(20)13-10-23-15(9-11(2)3)19(13)17(21)14-7-6-8-22-14/h6-8,11-13,15H,5,9-10H2,1-4H3,(H,18,20). The predicted molar refractivity (Wildman–Crippen MR) is 92.3 cm³/mol. The lowest BCUT2D eigenvalue weighted by molar-refractivity contribution is -0.125. The Balaban J connectivity index is 2.19. The highest BCUT2D eigenvalue weighted by molar-refractivity contribution is 8.00. The molecule has 5 nitrogen and oxygen atoms in total. The van der Waals surface area contributed by atoms with Crippen molar-refractivity contribution in [3.63, 3.8) is 0 Å². The monoisotopic (exact) mass is 338 g/mol. The molecule has 1 aliphatic rings. The zero-order valence-electron chi connectivity index (χ0n) is 14.2. The Labute approximate surface area is 142 Å². The van der Waals surface area contributed by atoms with Gasteiger partial charge in [0.25, 0.3) is 5.91 Å². The van der Waals surface area contributed by atoms with Crippen molar-refractivity contribution in [2.75, 3.05) is 5.75 Å². The number of carbonyl (C=O) groups excluding carboxylic acids is 2. The third-order valence-electron chi connectivity index (χ3n) is 4.04. The van der Waals surface area contributed by atoms with Crippen molar-refractivity contribution >= 4 is 23.6 Å². The molecule has 1 aromatic heterocycles. The molecule has 3 atom stereocenters. The molecule has 0 bridgehead atoms. The molecule has 0 aliphatic carbocycles. The van der Waals surface area contributed by atoms with Gasteiger partial charge in [-0.3, -0.25) is 9.59 Å². The maximum Gasteiger partial charge on any atom is 0.291 e. The van der Waals surface area contributed by atoms with Gasteiger partial charge in [-0.05, 0) is 37.8 Å². The molecule has 3 unspecified atom stereocenters. The van der Waals surface area contributed by atoms with Gasteiger partial charge in [0.2, 0.25) is 5.91 Å². The first kappa shape index (κ1) is 17.9. The molecule has 1 aromatic rings. The second-order valence-corrected chi connectivity index (χ2v) is 7.65. The van der Waals surface area contributed by atoms with Crippen molar-refractivity contribution in [3.8, 4) is 0 Å². The van der Waals surface area contributed by atoms with E-state index in [-0.39, 0.29) is 23.2 Å². The molecule has 0 spiro atoms. The van der Waals surface area contributed by atoms with Gasteiger partial charge in [0.1, 0.15) is 6.04 Å². The smallest absolute Gasteiger partial charge is 0.291 e. The molecular formula is C17H26N2O3S. The largest absolute Gasteiger partial charge is 0.459 e. The topological polar surface area (TPSA) is 62.6 Å². The fourth-order valence-electron chi connectivity index (χ4n) is 2.59. The van der Waals surface area contributed by atoms with E-state index in [4.69, 9.17) is 4.42 Å². The average Bonchev–Trinajstić information content (AvgIpc) is 3.15. The van der Waals surface area contributed by atoms with E-state index < -0.39 is 6.04 Å². The Kier molecular flexibility index (Phi) is 6.16. The van der Waals surface area contributed by atoms with E-state index in [1.807, 2.05) is 13.8 Å². The third kappa shape index (κ3) is 4.31. The van der Waals surface area contributed by atoms with Gasteiger partial charge < -0.3 is 14.6 Å². The van der Waals surface area contributed by atoms with E-state index in [0.29, 0.717) is 17.4 Å². The number of nitrogens with one attached hydrogen (secondary N) is 1. The Morgan fingerprint density at radius 3 is 2.74 bits per heavy atom. The van der Waals surface area contributed by atoms with Crippen LogP contribution in [0, 0.1) is 5.92 Å². The van der Waals surface area contributed by atoms with Crippen molar-refractivity contribution in [1.29, 1.82) is 0 Å². The van der Waals surface area contributed by atoms with Crippen LogP contribution >= 0.6 is 11.8 Å². The van der Waals surface area contributed by atoms with Crippen molar-refractivity contribution < 1.29 is 14.0 Å². The van der Waals surface area contributed by atoms with Crippen LogP contribution in [-0.2, 0) is 4.79 Å². The highest BCUT2D eigenvalue weighted by Crippen LogP contribution is 2.34. The van der Waals surface area contributed by atoms with Crippen LogP contribution in [0.2, 0.25) is 0 Å². The van der Waals surface area contributed by atoms with Gasteiger partial charge in [0.05, 0.1) is 11.6 Å². The van der Waals surface area contributed by atoms with Gasteiger partial charge in [0, 0.05) is 11.8 Å². The van der Waals surface area contributed by atoms with Crippen molar-refractivity contribution in [2.45, 2.75) is 58.0 Å². The van der Waals surface area contributed by atoms with E-state index in [0.717, 1.165) is 12.8 Å². The van der Waals surface area contributed by atoms with Gasteiger partial charge in [-0.2, -0.15) is 0 Å². The normalized spacial score (nSPS) is 22.4. The summed E-state index contributed by atoms with van der Waals surface area (Å²) in [5.74, 6) is 1.11. The van der Waals surface area contributed by atoms with E-state index in [1.165, 1.54) is 6.26 Å². The van der Waals surface area contributed by atoms with E-state index in [1.54, 1.807) is 28.8 Å². The highest BCUT2D eigenvalue weighted by Gasteiger charge is 2.42. The van der Waals surface area contributed by atoms with E-state index in [2.05, 4.69) is 19.2 Å². The molecule has 1 saturated heterocycles. The minimum absolute atomic E-state index is 0.0142. The first-order valence-corrected chi connectivity index (χ1v) is 9.27. The van der Waals surface area contributed by atoms with Crippen LogP contribution in [0.5, 0.6) is 0 Å². The quantitative estimate of drug-likeness (QED) is 0.865. The number of furan rings is 1. The molecule has 2 rings (SSSR count). The van der Waals surface area contributed by atoms with Crippen LogP contribution in [0.15, 0.2) is 22.8 Å². The zero-order chi connectivity index (χ0) is 17.0. The Bertz CT molecular complexity index is 530. The second-order valence-electron chi connectivity index (χ2n) is 6.44. The van der Waals surface area contributed by atoms with Crippen LogP contribution in [0.4, 0.5) is 0 Å². The number of rotatable bonds is 6. The lowest BCUT2D eigenvalue weighted by Crippen LogP contribution is -2.51. The fraction of sp³-hybridized carbons (Fsp3) is 0.647. The number of amides is 2. The summed E-state index contributed by atoms with van der Waals surface area (Å²) in [6, 6.07) is 3.02. The van der Waals surface area contributed by atoms with Gasteiger partial charge >= 0.3 is 0 Å². The lowest BCUT2D eigenvalue weighted by Gasteiger charge is -2.29. The molecular weight excluding hydrogens is 312 g/mol. The molecule has 6 heteroatoms. The Morgan fingerprint density at radius 2 is 2.17 bits per heavy atom. The zero-order valence-corrected chi connectivity index (χ0v) is 15.1. The number of hydrogen-bond donors (Lipinski definition) is 1. The molecule has 1 N–H and O–H groups in total. The molecule has 1 aliphatic heterocycles. The fourth-order valence-corrected chi connectivity index (χ4v) is 4.23. The molecule has 0 radical (unpaired) electrons. The second kappa shape index (κ2) is 7.90. The van der Waals surface area contributed by atoms with Crippen LogP contribution in [0.3, 0.4) is 0 Å². The van der Waals surface area contributed by atoms with Crippen molar-refractivity contribution in [3.05, 3.63) is 24.2 Å². The molecule has 128 valence electrons. The van der Waals surface area contributed by atoms with Crippen LogP contribution in [0.1, 0.15) is 51.1 Å². The SMILES string of the molecule is CCC(C)NC(=O)C1CSC(CC(C)C)N1C(=O)c1ccco1.